The Morgan fingerprint density at radius 1 is 0.382 bits per heavy atom. The molecule has 0 aliphatic heterocycles. The molecule has 4 nitrogen and oxygen atoms in total. The van der Waals surface area contributed by atoms with Crippen molar-refractivity contribution in [1.82, 2.24) is 15.0 Å². The standard InChI is InChI=1S/C51H37N3O/c1-3-12-33(13-4-1)34-20-24-36(25-21-34)48-52-49(54-50(53-48)38-28-29-46-43(32-38)41-15-6-8-19-45(41)55-46)37-26-22-35(23-27-37)39-16-11-17-42-40-14-5-7-18-44(40)51(47(39)42)30-9-2-10-31-51/h1,3-8,11-29,32H,2,9-10,30-31H2. The quantitative estimate of drug-likeness (QED) is 0.179. The first kappa shape index (κ1) is 31.8. The van der Waals surface area contributed by atoms with Gasteiger partial charge in [-0.25, -0.2) is 15.0 Å². The Kier molecular flexibility index (Phi) is 7.38. The van der Waals surface area contributed by atoms with Crippen molar-refractivity contribution in [3.05, 3.63) is 175 Å². The van der Waals surface area contributed by atoms with E-state index < -0.39 is 0 Å². The summed E-state index contributed by atoms with van der Waals surface area (Å²) in [5.41, 5.74) is 15.3. The summed E-state index contributed by atoms with van der Waals surface area (Å²) in [4.78, 5) is 15.4. The van der Waals surface area contributed by atoms with Crippen molar-refractivity contribution in [3.63, 3.8) is 0 Å². The summed E-state index contributed by atoms with van der Waals surface area (Å²) in [6.07, 6.45) is 6.26. The average Bonchev–Trinajstić information content (AvgIpc) is 3.77. The summed E-state index contributed by atoms with van der Waals surface area (Å²) < 4.78 is 6.15. The van der Waals surface area contributed by atoms with Crippen molar-refractivity contribution in [3.8, 4) is 67.5 Å². The van der Waals surface area contributed by atoms with Crippen molar-refractivity contribution in [2.24, 2.45) is 0 Å². The third-order valence-electron chi connectivity index (χ3n) is 12.0. The Labute approximate surface area is 320 Å². The van der Waals surface area contributed by atoms with Crippen LogP contribution in [-0.4, -0.2) is 15.0 Å². The smallest absolute Gasteiger partial charge is 0.164 e. The predicted octanol–water partition coefficient (Wildman–Crippen LogP) is 13.3. The van der Waals surface area contributed by atoms with Crippen molar-refractivity contribution >= 4 is 21.9 Å². The van der Waals surface area contributed by atoms with Gasteiger partial charge in [0, 0.05) is 32.9 Å². The number of hydrogen-bond acceptors (Lipinski definition) is 4. The largest absolute Gasteiger partial charge is 0.456 e. The van der Waals surface area contributed by atoms with E-state index in [0.29, 0.717) is 17.5 Å². The van der Waals surface area contributed by atoms with Crippen molar-refractivity contribution in [2.45, 2.75) is 37.5 Å². The third kappa shape index (κ3) is 5.24. The molecular formula is C51H37N3O. The molecule has 2 heterocycles. The van der Waals surface area contributed by atoms with Gasteiger partial charge in [0.2, 0.25) is 0 Å². The molecule has 0 atom stereocenters. The predicted molar refractivity (Wildman–Crippen MR) is 224 cm³/mol. The number of furan rings is 1. The zero-order valence-corrected chi connectivity index (χ0v) is 30.4. The van der Waals surface area contributed by atoms with E-state index in [0.717, 1.165) is 44.2 Å². The number of fused-ring (bicyclic) bond motifs is 8. The lowest BCUT2D eigenvalue weighted by atomic mass is 9.66. The van der Waals surface area contributed by atoms with E-state index in [4.69, 9.17) is 19.4 Å². The lowest BCUT2D eigenvalue weighted by Gasteiger charge is -2.37. The highest BCUT2D eigenvalue weighted by Gasteiger charge is 2.45. The minimum atomic E-state index is 0.0783. The fourth-order valence-electron chi connectivity index (χ4n) is 9.35. The van der Waals surface area contributed by atoms with Gasteiger partial charge in [-0.3, -0.25) is 0 Å². The van der Waals surface area contributed by atoms with Gasteiger partial charge in [0.25, 0.3) is 0 Å². The van der Waals surface area contributed by atoms with E-state index in [1.165, 1.54) is 71.0 Å². The summed E-state index contributed by atoms with van der Waals surface area (Å²) in [5.74, 6) is 1.91. The van der Waals surface area contributed by atoms with E-state index >= 15 is 0 Å². The molecule has 11 rings (SSSR count). The van der Waals surface area contributed by atoms with E-state index in [1.807, 2.05) is 36.4 Å². The molecule has 0 unspecified atom stereocenters. The Morgan fingerprint density at radius 3 is 1.69 bits per heavy atom. The number of rotatable bonds is 5. The first-order chi connectivity index (χ1) is 27.2. The number of nitrogens with zero attached hydrogens (tertiary/aromatic N) is 3. The zero-order chi connectivity index (χ0) is 36.3. The van der Waals surface area contributed by atoms with Crippen LogP contribution >= 0.6 is 0 Å². The van der Waals surface area contributed by atoms with Gasteiger partial charge in [0.1, 0.15) is 11.2 Å². The Morgan fingerprint density at radius 2 is 0.927 bits per heavy atom. The summed E-state index contributed by atoms with van der Waals surface area (Å²) in [6.45, 7) is 0. The van der Waals surface area contributed by atoms with Crippen LogP contribution in [-0.2, 0) is 5.41 Å². The van der Waals surface area contributed by atoms with Crippen LogP contribution < -0.4 is 0 Å². The molecule has 2 aliphatic carbocycles. The Hall–Kier alpha value is -6.65. The first-order valence-corrected chi connectivity index (χ1v) is 19.4. The van der Waals surface area contributed by atoms with Crippen LogP contribution in [0.15, 0.2) is 168 Å². The second-order valence-corrected chi connectivity index (χ2v) is 15.1. The molecule has 262 valence electrons. The Balaban J connectivity index is 1.02. The molecule has 7 aromatic carbocycles. The molecule has 4 heteroatoms. The molecule has 9 aromatic rings. The summed E-state index contributed by atoms with van der Waals surface area (Å²) >= 11 is 0. The highest BCUT2D eigenvalue weighted by Crippen LogP contribution is 2.58. The van der Waals surface area contributed by atoms with Gasteiger partial charge in [0.15, 0.2) is 17.5 Å². The molecule has 55 heavy (non-hydrogen) atoms. The van der Waals surface area contributed by atoms with Gasteiger partial charge in [-0.1, -0.05) is 159 Å². The van der Waals surface area contributed by atoms with Crippen LogP contribution in [0.2, 0.25) is 0 Å². The number of aromatic nitrogens is 3. The molecular weight excluding hydrogens is 671 g/mol. The van der Waals surface area contributed by atoms with E-state index in [2.05, 4.69) is 127 Å². The summed E-state index contributed by atoms with van der Waals surface area (Å²) in [5, 5.41) is 2.12. The van der Waals surface area contributed by atoms with Crippen molar-refractivity contribution in [2.75, 3.05) is 0 Å². The van der Waals surface area contributed by atoms with Crippen molar-refractivity contribution < 1.29 is 4.42 Å². The molecule has 0 radical (unpaired) electrons. The van der Waals surface area contributed by atoms with Crippen molar-refractivity contribution in [1.29, 1.82) is 0 Å². The minimum absolute atomic E-state index is 0.0783. The van der Waals surface area contributed by atoms with Gasteiger partial charge >= 0.3 is 0 Å². The SMILES string of the molecule is c1ccc(-c2ccc(-c3nc(-c4ccc(-c5cccc6c5C5(CCCCC5)c5ccccc5-6)cc4)nc(-c4ccc5oc6ccccc6c5c4)n3)cc2)cc1. The molecule has 2 aromatic heterocycles. The lowest BCUT2D eigenvalue weighted by molar-refractivity contribution is 0.353. The monoisotopic (exact) mass is 707 g/mol. The second kappa shape index (κ2) is 12.7. The first-order valence-electron chi connectivity index (χ1n) is 19.4. The molecule has 0 bridgehead atoms. The summed E-state index contributed by atoms with van der Waals surface area (Å²) in [7, 11) is 0. The number of benzene rings is 7. The third-order valence-corrected chi connectivity index (χ3v) is 12.0. The molecule has 1 saturated carbocycles. The molecule has 1 fully saturated rings. The van der Waals surface area contributed by atoms with Gasteiger partial charge in [-0.2, -0.15) is 0 Å². The molecule has 0 amide bonds. The van der Waals surface area contributed by atoms with Gasteiger partial charge in [0.05, 0.1) is 0 Å². The number of para-hydroxylation sites is 1. The fraction of sp³-hybridized carbons (Fsp3) is 0.118. The zero-order valence-electron chi connectivity index (χ0n) is 30.4. The van der Waals surface area contributed by atoms with Gasteiger partial charge in [-0.15, -0.1) is 0 Å². The lowest BCUT2D eigenvalue weighted by Crippen LogP contribution is -2.28. The highest BCUT2D eigenvalue weighted by molar-refractivity contribution is 6.06. The van der Waals surface area contributed by atoms with Crippen LogP contribution in [0.4, 0.5) is 0 Å². The van der Waals surface area contributed by atoms with E-state index in [1.54, 1.807) is 0 Å². The van der Waals surface area contributed by atoms with Gasteiger partial charge in [-0.05, 0) is 81.6 Å². The highest BCUT2D eigenvalue weighted by atomic mass is 16.3. The van der Waals surface area contributed by atoms with E-state index in [9.17, 15) is 0 Å². The molecule has 1 spiro atoms. The fourth-order valence-corrected chi connectivity index (χ4v) is 9.35. The number of hydrogen-bond donors (Lipinski definition) is 0. The topological polar surface area (TPSA) is 51.8 Å². The van der Waals surface area contributed by atoms with Crippen LogP contribution in [0.3, 0.4) is 0 Å². The molecule has 0 N–H and O–H groups in total. The second-order valence-electron chi connectivity index (χ2n) is 15.1. The van der Waals surface area contributed by atoms with Gasteiger partial charge < -0.3 is 4.42 Å². The van der Waals surface area contributed by atoms with Crippen LogP contribution in [0.25, 0.3) is 89.5 Å². The minimum Gasteiger partial charge on any atom is -0.456 e. The van der Waals surface area contributed by atoms with Crippen LogP contribution in [0.1, 0.15) is 43.2 Å². The van der Waals surface area contributed by atoms with Crippen LogP contribution in [0, 0.1) is 0 Å². The maximum atomic E-state index is 6.15. The van der Waals surface area contributed by atoms with Crippen LogP contribution in [0.5, 0.6) is 0 Å². The maximum Gasteiger partial charge on any atom is 0.164 e. The maximum absolute atomic E-state index is 6.15. The molecule has 0 saturated heterocycles. The normalized spacial score (nSPS) is 14.3. The molecule has 2 aliphatic rings. The summed E-state index contributed by atoms with van der Waals surface area (Å²) in [6, 6.07) is 58.2. The average molecular weight is 708 g/mol. The Bertz CT molecular complexity index is 2880. The van der Waals surface area contributed by atoms with E-state index in [-0.39, 0.29) is 5.41 Å².